The second kappa shape index (κ2) is 9.59. The van der Waals surface area contributed by atoms with E-state index in [4.69, 9.17) is 34.8 Å². The number of nitrogens with zero attached hydrogens (tertiary/aromatic N) is 1. The number of fused-ring (bicyclic) bond motifs is 1. The van der Waals surface area contributed by atoms with Gasteiger partial charge in [-0.3, -0.25) is 4.21 Å². The molecular weight excluding hydrogens is 518 g/mol. The summed E-state index contributed by atoms with van der Waals surface area (Å²) in [5.41, 5.74) is 2.25. The summed E-state index contributed by atoms with van der Waals surface area (Å²) in [7, 11) is -1.10. The Bertz CT molecular complexity index is 1420. The maximum atomic E-state index is 14.4. The minimum absolute atomic E-state index is 0.212. The molecule has 2 N–H and O–H groups in total. The first-order valence-corrected chi connectivity index (χ1v) is 13.2. The van der Waals surface area contributed by atoms with Gasteiger partial charge in [-0.2, -0.15) is 0 Å². The van der Waals surface area contributed by atoms with Crippen molar-refractivity contribution >= 4 is 56.6 Å². The van der Waals surface area contributed by atoms with Crippen molar-refractivity contribution in [2.45, 2.75) is 23.7 Å². The quantitative estimate of drug-likeness (QED) is 0.267. The molecule has 5 rings (SSSR count). The Morgan fingerprint density at radius 1 is 1.12 bits per heavy atom. The molecule has 1 aromatic heterocycles. The molecule has 0 saturated heterocycles. The summed E-state index contributed by atoms with van der Waals surface area (Å²) in [4.78, 5) is 8.45. The van der Waals surface area contributed by atoms with Crippen molar-refractivity contribution in [2.24, 2.45) is 5.92 Å². The fourth-order valence-electron chi connectivity index (χ4n) is 4.03. The number of aliphatic hydroxyl groups excluding tert-OH is 1. The minimum Gasteiger partial charge on any atom is -0.395 e. The van der Waals surface area contributed by atoms with Crippen LogP contribution in [0.2, 0.25) is 15.1 Å². The van der Waals surface area contributed by atoms with Gasteiger partial charge in [0.05, 0.1) is 38.9 Å². The van der Waals surface area contributed by atoms with Gasteiger partial charge in [0.1, 0.15) is 17.2 Å². The first kappa shape index (κ1) is 23.8. The molecule has 2 unspecified atom stereocenters. The van der Waals surface area contributed by atoms with E-state index in [9.17, 15) is 13.7 Å². The lowest BCUT2D eigenvalue weighted by Gasteiger charge is -2.15. The molecule has 34 heavy (non-hydrogen) atoms. The molecule has 1 heterocycles. The molecule has 3 aromatic carbocycles. The number of H-pyrrole nitrogens is 1. The van der Waals surface area contributed by atoms with Crippen LogP contribution < -0.4 is 0 Å². The van der Waals surface area contributed by atoms with Crippen molar-refractivity contribution in [3.63, 3.8) is 0 Å². The summed E-state index contributed by atoms with van der Waals surface area (Å²) in [5, 5.41) is 11.1. The van der Waals surface area contributed by atoms with Gasteiger partial charge < -0.3 is 10.1 Å². The largest absolute Gasteiger partial charge is 0.395 e. The third-order valence-corrected chi connectivity index (χ3v) is 8.58. The molecular formula is C25H20Cl3FN2O2S. The van der Waals surface area contributed by atoms with Gasteiger partial charge in [-0.25, -0.2) is 9.37 Å². The molecule has 0 spiro atoms. The fourth-order valence-corrected chi connectivity index (χ4v) is 6.54. The summed E-state index contributed by atoms with van der Waals surface area (Å²) >= 11 is 19.7. The third-order valence-electron chi connectivity index (χ3n) is 6.04. The smallest absolute Gasteiger partial charge is 0.131 e. The molecule has 1 aliphatic carbocycles. The van der Waals surface area contributed by atoms with Gasteiger partial charge in [-0.15, -0.1) is 0 Å². The predicted molar refractivity (Wildman–Crippen MR) is 136 cm³/mol. The third kappa shape index (κ3) is 4.50. The number of imidazole rings is 1. The summed E-state index contributed by atoms with van der Waals surface area (Å²) in [6.45, 7) is -0.268. The lowest BCUT2D eigenvalue weighted by Crippen LogP contribution is -2.09. The van der Waals surface area contributed by atoms with E-state index in [2.05, 4.69) is 9.97 Å². The highest BCUT2D eigenvalue weighted by Gasteiger charge is 2.26. The second-order valence-corrected chi connectivity index (χ2v) is 11.1. The number of aromatic nitrogens is 2. The highest BCUT2D eigenvalue weighted by molar-refractivity contribution is 7.85. The summed E-state index contributed by atoms with van der Waals surface area (Å²) in [5.74, 6) is 0.602. The molecule has 4 aromatic rings. The van der Waals surface area contributed by atoms with Crippen molar-refractivity contribution < 1.29 is 13.7 Å². The second-order valence-electron chi connectivity index (χ2n) is 8.42. The fraction of sp³-hybridized carbons (Fsp3) is 0.240. The molecule has 176 valence electrons. The number of aromatic amines is 1. The SMILES string of the molecule is O=S(CC1CC1)c1ccc(C(CO)c2nc3c(Cl)c(-c4ccccc4F)c(Cl)cc3[nH]2)c(Cl)c1. The predicted octanol–water partition coefficient (Wildman–Crippen LogP) is 6.97. The Balaban J connectivity index is 1.53. The van der Waals surface area contributed by atoms with E-state index in [1.165, 1.54) is 6.07 Å². The van der Waals surface area contributed by atoms with Gasteiger partial charge in [0, 0.05) is 26.8 Å². The first-order valence-electron chi connectivity index (χ1n) is 10.8. The van der Waals surface area contributed by atoms with Crippen LogP contribution in [0.25, 0.3) is 22.2 Å². The first-order chi connectivity index (χ1) is 16.4. The number of rotatable bonds is 7. The zero-order valence-electron chi connectivity index (χ0n) is 17.8. The zero-order chi connectivity index (χ0) is 24.0. The van der Waals surface area contributed by atoms with Gasteiger partial charge in [0.15, 0.2) is 0 Å². The monoisotopic (exact) mass is 536 g/mol. The zero-order valence-corrected chi connectivity index (χ0v) is 20.9. The van der Waals surface area contributed by atoms with Gasteiger partial charge in [0.25, 0.3) is 0 Å². The Morgan fingerprint density at radius 2 is 1.88 bits per heavy atom. The van der Waals surface area contributed by atoms with Crippen LogP contribution >= 0.6 is 34.8 Å². The molecule has 4 nitrogen and oxygen atoms in total. The summed E-state index contributed by atoms with van der Waals surface area (Å²) in [6, 6.07) is 13.1. The molecule has 1 fully saturated rings. The van der Waals surface area contributed by atoms with Crippen molar-refractivity contribution in [1.82, 2.24) is 9.97 Å². The molecule has 0 bridgehead atoms. The Hall–Kier alpha value is -1.96. The topological polar surface area (TPSA) is 66.0 Å². The molecule has 0 radical (unpaired) electrons. The van der Waals surface area contributed by atoms with E-state index in [-0.39, 0.29) is 22.2 Å². The Kier molecular flexibility index (Phi) is 6.70. The van der Waals surface area contributed by atoms with Gasteiger partial charge in [-0.1, -0.05) is 59.1 Å². The molecule has 1 aliphatic rings. The number of aliphatic hydroxyl groups is 1. The van der Waals surface area contributed by atoms with Crippen LogP contribution in [0.3, 0.4) is 0 Å². The van der Waals surface area contributed by atoms with E-state index >= 15 is 0 Å². The number of hydrogen-bond donors (Lipinski definition) is 2. The molecule has 2 atom stereocenters. The van der Waals surface area contributed by atoms with Crippen molar-refractivity contribution in [1.29, 1.82) is 0 Å². The van der Waals surface area contributed by atoms with Crippen LogP contribution in [0, 0.1) is 11.7 Å². The average molecular weight is 538 g/mol. The van der Waals surface area contributed by atoms with Crippen LogP contribution in [-0.2, 0) is 10.8 Å². The van der Waals surface area contributed by atoms with Crippen LogP contribution in [-0.4, -0.2) is 31.6 Å². The molecule has 0 aliphatic heterocycles. The number of benzene rings is 3. The van der Waals surface area contributed by atoms with E-state index in [0.717, 1.165) is 12.8 Å². The summed E-state index contributed by atoms with van der Waals surface area (Å²) in [6.07, 6.45) is 2.25. The van der Waals surface area contributed by atoms with Crippen molar-refractivity contribution in [3.05, 3.63) is 80.8 Å². The van der Waals surface area contributed by atoms with Gasteiger partial charge >= 0.3 is 0 Å². The van der Waals surface area contributed by atoms with Crippen molar-refractivity contribution in [2.75, 3.05) is 12.4 Å². The van der Waals surface area contributed by atoms with E-state index in [1.807, 2.05) is 0 Å². The normalized spacial score (nSPS) is 15.6. The van der Waals surface area contributed by atoms with E-state index in [1.54, 1.807) is 42.5 Å². The number of hydrogen-bond acceptors (Lipinski definition) is 3. The Labute approximate surface area is 213 Å². The Morgan fingerprint density at radius 3 is 2.56 bits per heavy atom. The lowest BCUT2D eigenvalue weighted by atomic mass is 9.99. The van der Waals surface area contributed by atoms with Crippen LogP contribution in [0.15, 0.2) is 53.4 Å². The van der Waals surface area contributed by atoms with Crippen LogP contribution in [0.4, 0.5) is 4.39 Å². The van der Waals surface area contributed by atoms with Crippen molar-refractivity contribution in [3.8, 4) is 11.1 Å². The minimum atomic E-state index is -1.10. The van der Waals surface area contributed by atoms with Crippen LogP contribution in [0.5, 0.6) is 0 Å². The van der Waals surface area contributed by atoms with E-state index < -0.39 is 22.5 Å². The molecule has 1 saturated carbocycles. The summed E-state index contributed by atoms with van der Waals surface area (Å²) < 4.78 is 27.0. The number of nitrogens with one attached hydrogen (secondary N) is 1. The van der Waals surface area contributed by atoms with Crippen LogP contribution in [0.1, 0.15) is 30.1 Å². The highest BCUT2D eigenvalue weighted by Crippen LogP contribution is 2.41. The maximum absolute atomic E-state index is 14.4. The molecule has 0 amide bonds. The van der Waals surface area contributed by atoms with Gasteiger partial charge in [-0.05, 0) is 48.6 Å². The van der Waals surface area contributed by atoms with Gasteiger partial charge in [0.2, 0.25) is 0 Å². The van der Waals surface area contributed by atoms with E-state index in [0.29, 0.717) is 49.6 Å². The molecule has 9 heteroatoms. The highest BCUT2D eigenvalue weighted by atomic mass is 35.5. The maximum Gasteiger partial charge on any atom is 0.131 e. The number of halogens is 4. The average Bonchev–Trinajstić information content (AvgIpc) is 3.53. The standard InChI is InChI=1S/C25H20Cl3FN2O2S/c26-18-9-14(34(33)12-13-5-6-13)7-8-15(18)17(11-32)25-30-21-10-19(27)22(23(28)24(21)31-25)16-3-1-2-4-20(16)29/h1-4,7-10,13,17,32H,5-6,11-12H2,(H,30,31). The lowest BCUT2D eigenvalue weighted by molar-refractivity contribution is 0.277.